The first kappa shape index (κ1) is 9.99. The molecule has 0 radical (unpaired) electrons. The monoisotopic (exact) mass is 238 g/mol. The van der Waals surface area contributed by atoms with Gasteiger partial charge < -0.3 is 4.74 Å². The molecular weight excluding hydrogens is 228 g/mol. The number of halogens is 1. The molecule has 1 fully saturated rings. The smallest absolute Gasteiger partial charge is 0.166 e. The minimum atomic E-state index is 0.0194. The van der Waals surface area contributed by atoms with Gasteiger partial charge in [0.15, 0.2) is 10.8 Å². The molecule has 0 amide bonds. The first-order valence-corrected chi connectivity index (χ1v) is 5.62. The molecule has 5 nitrogen and oxygen atoms in total. The molecule has 0 bridgehead atoms. The lowest BCUT2D eigenvalue weighted by Crippen LogP contribution is -2.08. The van der Waals surface area contributed by atoms with Gasteiger partial charge in [-0.05, 0) is 19.8 Å². The summed E-state index contributed by atoms with van der Waals surface area (Å²) in [5, 5.41) is 0.384. The van der Waals surface area contributed by atoms with Crippen LogP contribution in [0.4, 0.5) is 0 Å². The third-order valence-electron chi connectivity index (χ3n) is 2.83. The predicted octanol–water partition coefficient (Wildman–Crippen LogP) is 2.18. The third kappa shape index (κ3) is 1.47. The van der Waals surface area contributed by atoms with Crippen molar-refractivity contribution in [3.8, 4) is 0 Å². The van der Waals surface area contributed by atoms with Crippen molar-refractivity contribution < 1.29 is 4.74 Å². The van der Waals surface area contributed by atoms with Crippen LogP contribution in [-0.4, -0.2) is 25.6 Å². The molecule has 0 N–H and O–H groups in total. The minimum absolute atomic E-state index is 0.0194. The molecule has 3 rings (SSSR count). The van der Waals surface area contributed by atoms with E-state index in [2.05, 4.69) is 21.9 Å². The summed E-state index contributed by atoms with van der Waals surface area (Å²) < 4.78 is 7.70. The Hall–Kier alpha value is -1.20. The average Bonchev–Trinajstić information content (AvgIpc) is 2.84. The largest absolute Gasteiger partial charge is 0.355 e. The number of hydrogen-bond donors (Lipinski definition) is 0. The van der Waals surface area contributed by atoms with E-state index >= 15 is 0 Å². The van der Waals surface area contributed by atoms with Crippen molar-refractivity contribution in [3.63, 3.8) is 0 Å². The van der Waals surface area contributed by atoms with Gasteiger partial charge in [0.05, 0.1) is 12.4 Å². The van der Waals surface area contributed by atoms with Gasteiger partial charge in [0.1, 0.15) is 18.1 Å². The Kier molecular flexibility index (Phi) is 2.29. The van der Waals surface area contributed by atoms with Crippen LogP contribution in [0.15, 0.2) is 12.7 Å². The van der Waals surface area contributed by atoms with Crippen molar-refractivity contribution >= 4 is 22.8 Å². The molecule has 0 unspecified atom stereocenters. The van der Waals surface area contributed by atoms with E-state index in [0.29, 0.717) is 16.8 Å². The van der Waals surface area contributed by atoms with Gasteiger partial charge in [0.2, 0.25) is 0 Å². The van der Waals surface area contributed by atoms with Crippen molar-refractivity contribution in [1.82, 2.24) is 19.5 Å². The lowest BCUT2D eigenvalue weighted by Gasteiger charge is -2.12. The minimum Gasteiger partial charge on any atom is -0.355 e. The molecule has 2 aromatic rings. The maximum absolute atomic E-state index is 5.94. The Balaban J connectivity index is 2.08. The normalized spacial score (nSPS) is 25.4. The maximum Gasteiger partial charge on any atom is 0.166 e. The van der Waals surface area contributed by atoms with Crippen LogP contribution in [-0.2, 0) is 4.74 Å². The van der Waals surface area contributed by atoms with E-state index in [-0.39, 0.29) is 6.23 Å². The van der Waals surface area contributed by atoms with Crippen LogP contribution in [0.2, 0.25) is 5.15 Å². The molecule has 1 aliphatic heterocycles. The zero-order valence-electron chi connectivity index (χ0n) is 8.80. The first-order valence-electron chi connectivity index (χ1n) is 5.24. The summed E-state index contributed by atoms with van der Waals surface area (Å²) in [6.45, 7) is 2.07. The third-order valence-corrected chi connectivity index (χ3v) is 3.11. The van der Waals surface area contributed by atoms with Gasteiger partial charge in [-0.15, -0.1) is 0 Å². The van der Waals surface area contributed by atoms with E-state index in [0.717, 1.165) is 18.5 Å². The Morgan fingerprint density at radius 3 is 3.00 bits per heavy atom. The molecule has 16 heavy (non-hydrogen) atoms. The number of ether oxygens (including phenoxy) is 1. The van der Waals surface area contributed by atoms with Gasteiger partial charge in [-0.2, -0.15) is 0 Å². The van der Waals surface area contributed by atoms with Crippen molar-refractivity contribution in [1.29, 1.82) is 0 Å². The fraction of sp³-hybridized carbons (Fsp3) is 0.500. The Morgan fingerprint density at radius 2 is 2.25 bits per heavy atom. The second-order valence-corrected chi connectivity index (χ2v) is 4.33. The summed E-state index contributed by atoms with van der Waals surface area (Å²) in [6.07, 6.45) is 5.51. The van der Waals surface area contributed by atoms with Gasteiger partial charge >= 0.3 is 0 Å². The number of imidazole rings is 1. The molecule has 2 atom stereocenters. The Morgan fingerprint density at radius 1 is 1.38 bits per heavy atom. The van der Waals surface area contributed by atoms with E-state index < -0.39 is 0 Å². The molecule has 1 saturated heterocycles. The summed E-state index contributed by atoms with van der Waals surface area (Å²) in [5.74, 6) is 0. The standard InChI is InChI=1S/C10H11ClN4O/c1-6-2-3-7(16-6)15-5-14-8-9(11)12-4-13-10(8)15/h4-7H,2-3H2,1H3/t6-,7-/m1/s1. The van der Waals surface area contributed by atoms with Crippen LogP contribution in [0.3, 0.4) is 0 Å². The molecule has 0 aliphatic carbocycles. The zero-order valence-corrected chi connectivity index (χ0v) is 9.55. The molecule has 0 aromatic carbocycles. The maximum atomic E-state index is 5.94. The molecule has 0 saturated carbocycles. The van der Waals surface area contributed by atoms with Crippen molar-refractivity contribution in [2.75, 3.05) is 0 Å². The zero-order chi connectivity index (χ0) is 11.1. The van der Waals surface area contributed by atoms with Gasteiger partial charge in [-0.25, -0.2) is 15.0 Å². The number of aromatic nitrogens is 4. The van der Waals surface area contributed by atoms with Gasteiger partial charge in [-0.1, -0.05) is 11.6 Å². The number of fused-ring (bicyclic) bond motifs is 1. The summed E-state index contributed by atoms with van der Waals surface area (Å²) in [5.41, 5.74) is 1.37. The van der Waals surface area contributed by atoms with E-state index in [1.54, 1.807) is 6.33 Å². The highest BCUT2D eigenvalue weighted by Gasteiger charge is 2.25. The summed E-state index contributed by atoms with van der Waals surface area (Å²) in [4.78, 5) is 12.3. The van der Waals surface area contributed by atoms with Crippen LogP contribution >= 0.6 is 11.6 Å². The Labute approximate surface area is 97.4 Å². The average molecular weight is 239 g/mol. The topological polar surface area (TPSA) is 52.8 Å². The SMILES string of the molecule is C[C@@H]1CC[C@H](n2cnc3c(Cl)ncnc32)O1. The fourth-order valence-electron chi connectivity index (χ4n) is 2.02. The Bertz CT molecular complexity index is 527. The second-order valence-electron chi connectivity index (χ2n) is 3.97. The lowest BCUT2D eigenvalue weighted by molar-refractivity contribution is 0.0131. The molecule has 6 heteroatoms. The van der Waals surface area contributed by atoms with Gasteiger partial charge in [-0.3, -0.25) is 4.57 Å². The molecule has 0 spiro atoms. The van der Waals surface area contributed by atoms with E-state index in [1.165, 1.54) is 6.33 Å². The van der Waals surface area contributed by atoms with Crippen LogP contribution in [0.1, 0.15) is 26.0 Å². The van der Waals surface area contributed by atoms with Gasteiger partial charge in [0, 0.05) is 0 Å². The highest BCUT2D eigenvalue weighted by molar-refractivity contribution is 6.33. The van der Waals surface area contributed by atoms with E-state index in [9.17, 15) is 0 Å². The summed E-state index contributed by atoms with van der Waals surface area (Å²) in [6, 6.07) is 0. The van der Waals surface area contributed by atoms with E-state index in [4.69, 9.17) is 16.3 Å². The molecule has 84 valence electrons. The van der Waals surface area contributed by atoms with Crippen molar-refractivity contribution in [2.24, 2.45) is 0 Å². The van der Waals surface area contributed by atoms with Crippen molar-refractivity contribution in [2.45, 2.75) is 32.1 Å². The first-order chi connectivity index (χ1) is 7.75. The molecule has 1 aliphatic rings. The molecule has 3 heterocycles. The summed E-state index contributed by atoms with van der Waals surface area (Å²) in [7, 11) is 0. The number of hydrogen-bond acceptors (Lipinski definition) is 4. The fourth-order valence-corrected chi connectivity index (χ4v) is 2.20. The second kappa shape index (κ2) is 3.68. The highest BCUT2D eigenvalue weighted by Crippen LogP contribution is 2.30. The quantitative estimate of drug-likeness (QED) is 0.715. The van der Waals surface area contributed by atoms with Crippen molar-refractivity contribution in [3.05, 3.63) is 17.8 Å². The number of nitrogens with zero attached hydrogens (tertiary/aromatic N) is 4. The number of rotatable bonds is 1. The summed E-state index contributed by atoms with van der Waals surface area (Å²) >= 11 is 5.94. The van der Waals surface area contributed by atoms with Gasteiger partial charge in [0.25, 0.3) is 0 Å². The highest BCUT2D eigenvalue weighted by atomic mass is 35.5. The van der Waals surface area contributed by atoms with Crippen LogP contribution in [0, 0.1) is 0 Å². The predicted molar refractivity (Wildman–Crippen MR) is 59.2 cm³/mol. The van der Waals surface area contributed by atoms with Crippen LogP contribution in [0.25, 0.3) is 11.2 Å². The molecular formula is C10H11ClN4O. The lowest BCUT2D eigenvalue weighted by atomic mass is 10.2. The van der Waals surface area contributed by atoms with E-state index in [1.807, 2.05) is 4.57 Å². The van der Waals surface area contributed by atoms with Crippen LogP contribution < -0.4 is 0 Å². The molecule has 2 aromatic heterocycles. The van der Waals surface area contributed by atoms with Crippen LogP contribution in [0.5, 0.6) is 0 Å².